The van der Waals surface area contributed by atoms with Crippen LogP contribution in [0.3, 0.4) is 0 Å². The Bertz CT molecular complexity index is 1110. The predicted octanol–water partition coefficient (Wildman–Crippen LogP) is 4.17. The maximum atomic E-state index is 12.6. The molecule has 0 aliphatic heterocycles. The molecule has 3 aromatic rings. The molecule has 0 aliphatic carbocycles. The number of nitrogens with one attached hydrogen (secondary N) is 1. The molecule has 1 amide bonds. The average molecular weight is 443 g/mol. The van der Waals surface area contributed by atoms with Crippen LogP contribution in [0.25, 0.3) is 10.1 Å². The summed E-state index contributed by atoms with van der Waals surface area (Å²) < 4.78 is 11.8. The van der Waals surface area contributed by atoms with Crippen LogP contribution < -0.4 is 10.1 Å². The molecular formula is C23H26N2O5S. The van der Waals surface area contributed by atoms with Crippen molar-refractivity contribution in [1.29, 1.82) is 0 Å². The minimum absolute atomic E-state index is 0.00616. The van der Waals surface area contributed by atoms with Crippen molar-refractivity contribution in [3.63, 3.8) is 0 Å². The third kappa shape index (κ3) is 4.64. The van der Waals surface area contributed by atoms with Crippen LogP contribution in [0, 0.1) is 6.92 Å². The molecule has 7 nitrogen and oxygen atoms in total. The lowest BCUT2D eigenvalue weighted by Crippen LogP contribution is -2.41. The number of nitrogens with zero attached hydrogens (tertiary/aromatic N) is 1. The van der Waals surface area contributed by atoms with Crippen LogP contribution in [-0.4, -0.2) is 41.2 Å². The van der Waals surface area contributed by atoms with E-state index in [0.717, 1.165) is 0 Å². The number of carbonyl (C=O) groups excluding carboxylic acids is 2. The normalized spacial score (nSPS) is 14.0. The molecule has 0 radical (unpaired) electrons. The summed E-state index contributed by atoms with van der Waals surface area (Å²) in [5.41, 5.74) is 0.971. The van der Waals surface area contributed by atoms with Crippen molar-refractivity contribution < 1.29 is 24.2 Å². The van der Waals surface area contributed by atoms with Gasteiger partial charge in [0.05, 0.1) is 7.11 Å². The fourth-order valence-electron chi connectivity index (χ4n) is 3.32. The topological polar surface area (TPSA) is 97.8 Å². The fourth-order valence-corrected chi connectivity index (χ4v) is 4.67. The van der Waals surface area contributed by atoms with E-state index in [9.17, 15) is 14.7 Å². The SMILES string of the molecule is COc1ccnc(C(=O)N[C@@H](C)C(=O)OC(C)C(C)c2sc3ccccc3c2C)c1O. The van der Waals surface area contributed by atoms with Gasteiger partial charge in [0.1, 0.15) is 12.1 Å². The summed E-state index contributed by atoms with van der Waals surface area (Å²) >= 11 is 1.70. The van der Waals surface area contributed by atoms with E-state index in [1.54, 1.807) is 11.3 Å². The van der Waals surface area contributed by atoms with Crippen molar-refractivity contribution in [2.45, 2.75) is 45.8 Å². The van der Waals surface area contributed by atoms with Crippen molar-refractivity contribution in [2.75, 3.05) is 7.11 Å². The van der Waals surface area contributed by atoms with Crippen LogP contribution in [0.15, 0.2) is 36.5 Å². The first-order valence-corrected chi connectivity index (χ1v) is 10.8. The molecule has 31 heavy (non-hydrogen) atoms. The zero-order valence-corrected chi connectivity index (χ0v) is 18.9. The van der Waals surface area contributed by atoms with E-state index >= 15 is 0 Å². The smallest absolute Gasteiger partial charge is 0.328 e. The number of aromatic hydroxyl groups is 1. The quantitative estimate of drug-likeness (QED) is 0.533. The maximum Gasteiger partial charge on any atom is 0.328 e. The molecular weight excluding hydrogens is 416 g/mol. The molecule has 0 fully saturated rings. The largest absolute Gasteiger partial charge is 0.503 e. The third-order valence-corrected chi connectivity index (χ3v) is 6.80. The molecule has 8 heteroatoms. The Labute approximate surface area is 185 Å². The lowest BCUT2D eigenvalue weighted by Gasteiger charge is -2.22. The zero-order chi connectivity index (χ0) is 22.7. The van der Waals surface area contributed by atoms with Gasteiger partial charge in [0, 0.05) is 27.8 Å². The fraction of sp³-hybridized carbons (Fsp3) is 0.348. The lowest BCUT2D eigenvalue weighted by molar-refractivity contribution is -0.150. The van der Waals surface area contributed by atoms with Gasteiger partial charge >= 0.3 is 5.97 Å². The minimum atomic E-state index is -0.918. The molecule has 2 unspecified atom stereocenters. The number of aryl methyl sites for hydroxylation is 1. The van der Waals surface area contributed by atoms with Crippen molar-refractivity contribution in [2.24, 2.45) is 0 Å². The van der Waals surface area contributed by atoms with Crippen LogP contribution in [-0.2, 0) is 9.53 Å². The zero-order valence-electron chi connectivity index (χ0n) is 18.1. The van der Waals surface area contributed by atoms with Gasteiger partial charge in [-0.2, -0.15) is 0 Å². The Morgan fingerprint density at radius 3 is 2.55 bits per heavy atom. The molecule has 2 N–H and O–H groups in total. The number of fused-ring (bicyclic) bond motifs is 1. The van der Waals surface area contributed by atoms with E-state index in [1.807, 2.05) is 26.0 Å². The Balaban J connectivity index is 1.66. The van der Waals surface area contributed by atoms with Gasteiger partial charge < -0.3 is 19.9 Å². The summed E-state index contributed by atoms with van der Waals surface area (Å²) in [4.78, 5) is 30.1. The first-order chi connectivity index (χ1) is 14.7. The van der Waals surface area contributed by atoms with Gasteiger partial charge in [0.2, 0.25) is 0 Å². The first kappa shape index (κ1) is 22.6. The first-order valence-electron chi connectivity index (χ1n) is 9.95. The monoisotopic (exact) mass is 442 g/mol. The molecule has 1 aromatic carbocycles. The second kappa shape index (κ2) is 9.34. The molecule has 0 saturated heterocycles. The summed E-state index contributed by atoms with van der Waals surface area (Å²) in [6, 6.07) is 8.71. The number of rotatable bonds is 7. The second-order valence-corrected chi connectivity index (χ2v) is 8.51. The number of amides is 1. The Morgan fingerprint density at radius 2 is 1.87 bits per heavy atom. The summed E-state index contributed by atoms with van der Waals surface area (Å²) in [6.45, 7) is 7.47. The lowest BCUT2D eigenvalue weighted by atomic mass is 9.99. The van der Waals surface area contributed by atoms with E-state index < -0.39 is 17.9 Å². The summed E-state index contributed by atoms with van der Waals surface area (Å²) in [6.07, 6.45) is 0.954. The molecule has 164 valence electrons. The molecule has 2 aromatic heterocycles. The van der Waals surface area contributed by atoms with Gasteiger partial charge in [0.25, 0.3) is 5.91 Å². The highest BCUT2D eigenvalue weighted by molar-refractivity contribution is 7.19. The van der Waals surface area contributed by atoms with Crippen molar-refractivity contribution >= 4 is 33.3 Å². The standard InChI is InChI=1S/C23H26N2O5S/c1-12(21-13(2)16-8-6-7-9-18(16)31-21)15(4)30-23(28)14(3)25-22(27)19-20(26)17(29-5)10-11-24-19/h6-12,14-15,26H,1-5H3,(H,25,27)/t12?,14-,15?/m0/s1. The van der Waals surface area contributed by atoms with Gasteiger partial charge in [-0.1, -0.05) is 25.1 Å². The highest BCUT2D eigenvalue weighted by Crippen LogP contribution is 2.37. The molecule has 0 aliphatic rings. The molecule has 0 spiro atoms. The maximum absolute atomic E-state index is 12.6. The predicted molar refractivity (Wildman–Crippen MR) is 120 cm³/mol. The number of esters is 1. The molecule has 0 saturated carbocycles. The number of ether oxygens (including phenoxy) is 2. The van der Waals surface area contributed by atoms with Crippen LogP contribution >= 0.6 is 11.3 Å². The number of thiophene rings is 1. The van der Waals surface area contributed by atoms with Crippen molar-refractivity contribution in [3.05, 3.63) is 52.7 Å². The summed E-state index contributed by atoms with van der Waals surface area (Å²) in [5.74, 6) is -1.52. The number of hydrogen-bond donors (Lipinski definition) is 2. The van der Waals surface area contributed by atoms with Crippen LogP contribution in [0.1, 0.15) is 47.6 Å². The highest BCUT2D eigenvalue weighted by atomic mass is 32.1. The van der Waals surface area contributed by atoms with Crippen LogP contribution in [0.5, 0.6) is 11.5 Å². The number of benzene rings is 1. The van der Waals surface area contributed by atoms with Gasteiger partial charge in [-0.05, 0) is 37.8 Å². The van der Waals surface area contributed by atoms with E-state index in [-0.39, 0.29) is 29.2 Å². The van der Waals surface area contributed by atoms with Gasteiger partial charge in [-0.3, -0.25) is 4.79 Å². The third-order valence-electron chi connectivity index (χ3n) is 5.32. The number of pyridine rings is 1. The van der Waals surface area contributed by atoms with Gasteiger partial charge in [-0.15, -0.1) is 11.3 Å². The Morgan fingerprint density at radius 1 is 1.16 bits per heavy atom. The number of methoxy groups -OCH3 is 1. The number of hydrogen-bond acceptors (Lipinski definition) is 7. The van der Waals surface area contributed by atoms with Gasteiger partial charge in [-0.25, -0.2) is 9.78 Å². The molecule has 3 rings (SSSR count). The van der Waals surface area contributed by atoms with E-state index in [4.69, 9.17) is 9.47 Å². The molecule has 2 heterocycles. The van der Waals surface area contributed by atoms with Crippen molar-refractivity contribution in [3.8, 4) is 11.5 Å². The number of aromatic nitrogens is 1. The summed E-state index contributed by atoms with van der Waals surface area (Å²) in [5, 5.41) is 13.8. The highest BCUT2D eigenvalue weighted by Gasteiger charge is 2.27. The average Bonchev–Trinajstić information content (AvgIpc) is 3.09. The second-order valence-electron chi connectivity index (χ2n) is 7.42. The van der Waals surface area contributed by atoms with Crippen LogP contribution in [0.2, 0.25) is 0 Å². The van der Waals surface area contributed by atoms with E-state index in [2.05, 4.69) is 29.4 Å². The Hall–Kier alpha value is -3.13. The van der Waals surface area contributed by atoms with Crippen molar-refractivity contribution in [1.82, 2.24) is 10.3 Å². The molecule has 3 atom stereocenters. The minimum Gasteiger partial charge on any atom is -0.503 e. The summed E-state index contributed by atoms with van der Waals surface area (Å²) in [7, 11) is 1.37. The van der Waals surface area contributed by atoms with E-state index in [1.165, 1.54) is 46.8 Å². The van der Waals surface area contributed by atoms with Gasteiger partial charge in [0.15, 0.2) is 17.2 Å². The van der Waals surface area contributed by atoms with Crippen LogP contribution in [0.4, 0.5) is 0 Å². The number of carbonyl (C=O) groups is 2. The Kier molecular flexibility index (Phi) is 6.80. The van der Waals surface area contributed by atoms with E-state index in [0.29, 0.717) is 0 Å². The molecule has 0 bridgehead atoms.